The fourth-order valence-electron chi connectivity index (χ4n) is 1.88. The Kier molecular flexibility index (Phi) is 5.73. The van der Waals surface area contributed by atoms with Crippen LogP contribution in [-0.4, -0.2) is 61.5 Å². The van der Waals surface area contributed by atoms with Gasteiger partial charge < -0.3 is 19.5 Å². The van der Waals surface area contributed by atoms with Crippen molar-refractivity contribution in [3.05, 3.63) is 0 Å². The van der Waals surface area contributed by atoms with Crippen LogP contribution in [0.15, 0.2) is 0 Å². The lowest BCUT2D eigenvalue weighted by molar-refractivity contribution is -0.147. The summed E-state index contributed by atoms with van der Waals surface area (Å²) in [6, 6.07) is 0. The number of nitrogens with zero attached hydrogens (tertiary/aromatic N) is 1. The van der Waals surface area contributed by atoms with Crippen LogP contribution in [0, 0.1) is 0 Å². The van der Waals surface area contributed by atoms with Crippen molar-refractivity contribution in [3.8, 4) is 0 Å². The second-order valence-corrected chi connectivity index (χ2v) is 4.15. The molecule has 1 amide bonds. The molecule has 0 spiro atoms. The Hall–Kier alpha value is -0.650. The number of rotatable bonds is 5. The minimum Gasteiger partial charge on any atom is -0.394 e. The molecule has 16 heavy (non-hydrogen) atoms. The molecule has 0 aromatic carbocycles. The molecule has 2 unspecified atom stereocenters. The number of methoxy groups -OCH3 is 1. The Morgan fingerprint density at radius 2 is 2.31 bits per heavy atom. The van der Waals surface area contributed by atoms with Crippen molar-refractivity contribution in [3.63, 3.8) is 0 Å². The van der Waals surface area contributed by atoms with Gasteiger partial charge in [0.1, 0.15) is 0 Å². The zero-order valence-corrected chi connectivity index (χ0v) is 10.0. The summed E-state index contributed by atoms with van der Waals surface area (Å²) in [6.45, 7) is 3.59. The molecule has 5 nitrogen and oxygen atoms in total. The van der Waals surface area contributed by atoms with Gasteiger partial charge >= 0.3 is 0 Å². The normalized spacial score (nSPS) is 25.8. The molecule has 1 aliphatic rings. The molecule has 0 saturated carbocycles. The number of aliphatic hydroxyl groups is 1. The van der Waals surface area contributed by atoms with Crippen LogP contribution in [0.3, 0.4) is 0 Å². The third-order valence-corrected chi connectivity index (χ3v) is 2.62. The number of carbonyl (C=O) groups is 1. The van der Waals surface area contributed by atoms with Crippen LogP contribution < -0.4 is 0 Å². The monoisotopic (exact) mass is 231 g/mol. The maximum atomic E-state index is 11.8. The fourth-order valence-corrected chi connectivity index (χ4v) is 1.88. The average Bonchev–Trinajstić information content (AvgIpc) is 2.28. The molecule has 1 rings (SSSR count). The zero-order chi connectivity index (χ0) is 12.0. The minimum atomic E-state index is -0.241. The standard InChI is InChI=1S/C11H21NO4/c1-9-6-12(7-10(8-13)16-9)11(14)4-3-5-15-2/h9-10,13H,3-8H2,1-2H3. The van der Waals surface area contributed by atoms with Crippen LogP contribution in [-0.2, 0) is 14.3 Å². The van der Waals surface area contributed by atoms with Crippen molar-refractivity contribution in [2.24, 2.45) is 0 Å². The number of ether oxygens (including phenoxy) is 2. The molecule has 0 aromatic heterocycles. The van der Waals surface area contributed by atoms with Crippen LogP contribution in [0.1, 0.15) is 19.8 Å². The third kappa shape index (κ3) is 4.08. The number of hydrogen-bond acceptors (Lipinski definition) is 4. The third-order valence-electron chi connectivity index (χ3n) is 2.62. The van der Waals surface area contributed by atoms with Gasteiger partial charge in [0.05, 0.1) is 18.8 Å². The summed E-state index contributed by atoms with van der Waals surface area (Å²) in [5, 5.41) is 9.04. The number of aliphatic hydroxyl groups excluding tert-OH is 1. The highest BCUT2D eigenvalue weighted by Gasteiger charge is 2.27. The summed E-state index contributed by atoms with van der Waals surface area (Å²) in [4.78, 5) is 13.6. The number of amides is 1. The lowest BCUT2D eigenvalue weighted by Crippen LogP contribution is -2.50. The molecular weight excluding hydrogens is 210 g/mol. The van der Waals surface area contributed by atoms with E-state index in [-0.39, 0.29) is 24.7 Å². The van der Waals surface area contributed by atoms with Gasteiger partial charge in [-0.25, -0.2) is 0 Å². The van der Waals surface area contributed by atoms with Gasteiger partial charge in [-0.3, -0.25) is 4.79 Å². The Bertz CT molecular complexity index is 222. The van der Waals surface area contributed by atoms with Gasteiger partial charge in [-0.1, -0.05) is 0 Å². The summed E-state index contributed by atoms with van der Waals surface area (Å²) in [5.74, 6) is 0.116. The van der Waals surface area contributed by atoms with E-state index in [4.69, 9.17) is 14.6 Å². The van der Waals surface area contributed by atoms with Gasteiger partial charge in [-0.15, -0.1) is 0 Å². The first-order valence-corrected chi connectivity index (χ1v) is 5.70. The summed E-state index contributed by atoms with van der Waals surface area (Å²) >= 11 is 0. The summed E-state index contributed by atoms with van der Waals surface area (Å²) in [5.41, 5.74) is 0. The van der Waals surface area contributed by atoms with Gasteiger partial charge in [0.25, 0.3) is 0 Å². The first-order valence-electron chi connectivity index (χ1n) is 5.70. The second-order valence-electron chi connectivity index (χ2n) is 4.15. The lowest BCUT2D eigenvalue weighted by atomic mass is 10.2. The zero-order valence-electron chi connectivity index (χ0n) is 10.0. The Labute approximate surface area is 96.3 Å². The second kappa shape index (κ2) is 6.83. The van der Waals surface area contributed by atoms with Gasteiger partial charge in [-0.2, -0.15) is 0 Å². The lowest BCUT2D eigenvalue weighted by Gasteiger charge is -2.36. The minimum absolute atomic E-state index is 0.00252. The Morgan fingerprint density at radius 3 is 2.94 bits per heavy atom. The predicted molar refractivity (Wildman–Crippen MR) is 59.1 cm³/mol. The van der Waals surface area contributed by atoms with E-state index in [9.17, 15) is 4.79 Å². The first-order chi connectivity index (χ1) is 7.67. The van der Waals surface area contributed by atoms with Gasteiger partial charge in [-0.05, 0) is 13.3 Å². The van der Waals surface area contributed by atoms with E-state index in [1.165, 1.54) is 0 Å². The van der Waals surface area contributed by atoms with Crippen molar-refractivity contribution in [1.29, 1.82) is 0 Å². The Morgan fingerprint density at radius 1 is 1.56 bits per heavy atom. The summed E-state index contributed by atoms with van der Waals surface area (Å²) < 4.78 is 10.4. The van der Waals surface area contributed by atoms with Crippen LogP contribution in [0.5, 0.6) is 0 Å². The topological polar surface area (TPSA) is 59.0 Å². The van der Waals surface area contributed by atoms with E-state index in [1.807, 2.05) is 6.92 Å². The van der Waals surface area contributed by atoms with Crippen molar-refractivity contribution in [2.45, 2.75) is 32.0 Å². The SMILES string of the molecule is COCCCC(=O)N1CC(C)OC(CO)C1. The number of carbonyl (C=O) groups excluding carboxylic acids is 1. The number of hydrogen-bond donors (Lipinski definition) is 1. The molecule has 1 N–H and O–H groups in total. The van der Waals surface area contributed by atoms with Gasteiger partial charge in [0.2, 0.25) is 5.91 Å². The molecule has 1 heterocycles. The smallest absolute Gasteiger partial charge is 0.222 e. The van der Waals surface area contributed by atoms with E-state index < -0.39 is 0 Å². The molecule has 1 aliphatic heterocycles. The van der Waals surface area contributed by atoms with E-state index in [0.29, 0.717) is 26.1 Å². The quantitative estimate of drug-likeness (QED) is 0.678. The Balaban J connectivity index is 2.36. The molecule has 2 atom stereocenters. The predicted octanol–water partition coefficient (Wildman–Crippen LogP) is 0.0212. The molecule has 1 fully saturated rings. The van der Waals surface area contributed by atoms with E-state index in [1.54, 1.807) is 12.0 Å². The molecule has 94 valence electrons. The highest BCUT2D eigenvalue weighted by molar-refractivity contribution is 5.76. The van der Waals surface area contributed by atoms with Gasteiger partial charge in [0.15, 0.2) is 0 Å². The molecule has 0 aliphatic carbocycles. The maximum absolute atomic E-state index is 11.8. The van der Waals surface area contributed by atoms with Crippen molar-refractivity contribution >= 4 is 5.91 Å². The van der Waals surface area contributed by atoms with Gasteiger partial charge in [0, 0.05) is 33.2 Å². The number of morpholine rings is 1. The van der Waals surface area contributed by atoms with Crippen LogP contribution in [0.25, 0.3) is 0 Å². The van der Waals surface area contributed by atoms with Crippen molar-refractivity contribution in [2.75, 3.05) is 33.4 Å². The summed E-state index contributed by atoms with van der Waals surface area (Å²) in [6.07, 6.45) is 0.997. The fraction of sp³-hybridized carbons (Fsp3) is 0.909. The van der Waals surface area contributed by atoms with Crippen molar-refractivity contribution in [1.82, 2.24) is 4.90 Å². The highest BCUT2D eigenvalue weighted by atomic mass is 16.5. The van der Waals surface area contributed by atoms with E-state index >= 15 is 0 Å². The van der Waals surface area contributed by atoms with Crippen LogP contribution >= 0.6 is 0 Å². The molecule has 0 aromatic rings. The average molecular weight is 231 g/mol. The first kappa shape index (κ1) is 13.4. The molecule has 0 bridgehead atoms. The maximum Gasteiger partial charge on any atom is 0.222 e. The summed E-state index contributed by atoms with van der Waals surface area (Å²) in [7, 11) is 1.63. The molecule has 1 saturated heterocycles. The van der Waals surface area contributed by atoms with Crippen LogP contribution in [0.4, 0.5) is 0 Å². The molecular formula is C11H21NO4. The molecule has 0 radical (unpaired) electrons. The van der Waals surface area contributed by atoms with E-state index in [2.05, 4.69) is 0 Å². The highest BCUT2D eigenvalue weighted by Crippen LogP contribution is 2.12. The van der Waals surface area contributed by atoms with E-state index in [0.717, 1.165) is 6.42 Å². The van der Waals surface area contributed by atoms with Crippen molar-refractivity contribution < 1.29 is 19.4 Å². The molecule has 5 heteroatoms. The largest absolute Gasteiger partial charge is 0.394 e. The van der Waals surface area contributed by atoms with Crippen LogP contribution in [0.2, 0.25) is 0 Å².